The Morgan fingerprint density at radius 1 is 1.35 bits per heavy atom. The molecule has 0 aliphatic carbocycles. The molecule has 0 radical (unpaired) electrons. The van der Waals surface area contributed by atoms with Gasteiger partial charge in [0.2, 0.25) is 0 Å². The van der Waals surface area contributed by atoms with Crippen molar-refractivity contribution in [1.82, 2.24) is 14.5 Å². The highest BCUT2D eigenvalue weighted by Gasteiger charge is 2.21. The summed E-state index contributed by atoms with van der Waals surface area (Å²) < 4.78 is 1.53. The van der Waals surface area contributed by atoms with Crippen LogP contribution in [-0.4, -0.2) is 38.4 Å². The van der Waals surface area contributed by atoms with E-state index < -0.39 is 4.92 Å². The molecule has 1 aromatic carbocycles. The van der Waals surface area contributed by atoms with E-state index in [1.165, 1.54) is 34.1 Å². The molecule has 0 bridgehead atoms. The van der Waals surface area contributed by atoms with Crippen LogP contribution >= 0.6 is 0 Å². The molecule has 2 aromatic rings. The van der Waals surface area contributed by atoms with Crippen molar-refractivity contribution in [3.8, 4) is 5.69 Å². The molecule has 0 unspecified atom stereocenters. The first-order valence-electron chi connectivity index (χ1n) is 6.86. The lowest BCUT2D eigenvalue weighted by molar-refractivity contribution is -0.384. The van der Waals surface area contributed by atoms with Crippen molar-refractivity contribution in [3.05, 3.63) is 77.9 Å². The van der Waals surface area contributed by atoms with Crippen LogP contribution in [0.5, 0.6) is 0 Å². The van der Waals surface area contributed by atoms with Crippen LogP contribution < -0.4 is 0 Å². The molecule has 0 atom stereocenters. The summed E-state index contributed by atoms with van der Waals surface area (Å²) in [7, 11) is 0. The molecular weight excluding hydrogens is 296 g/mol. The minimum atomic E-state index is -0.516. The average Bonchev–Trinajstić information content (AvgIpc) is 3.07. The van der Waals surface area contributed by atoms with Crippen LogP contribution in [0.4, 0.5) is 5.69 Å². The van der Waals surface area contributed by atoms with Crippen molar-refractivity contribution in [1.29, 1.82) is 0 Å². The van der Waals surface area contributed by atoms with Gasteiger partial charge in [-0.3, -0.25) is 14.9 Å². The monoisotopic (exact) mass is 312 g/mol. The Morgan fingerprint density at radius 2 is 2.04 bits per heavy atom. The number of nitro benzene ring substituents is 1. The fourth-order valence-corrected chi connectivity index (χ4v) is 2.16. The van der Waals surface area contributed by atoms with Crippen LogP contribution in [0.3, 0.4) is 0 Å². The highest BCUT2D eigenvalue weighted by Crippen LogP contribution is 2.24. The number of benzene rings is 1. The van der Waals surface area contributed by atoms with Crippen LogP contribution in [0, 0.1) is 10.1 Å². The lowest BCUT2D eigenvalue weighted by Gasteiger charge is -2.19. The fraction of sp³-hybridized carbons (Fsp3) is 0.125. The summed E-state index contributed by atoms with van der Waals surface area (Å²) in [6, 6.07) is 4.37. The molecule has 7 nitrogen and oxygen atoms in total. The lowest BCUT2D eigenvalue weighted by Crippen LogP contribution is -2.31. The Balaban J connectivity index is 2.43. The van der Waals surface area contributed by atoms with Gasteiger partial charge in [0.25, 0.3) is 11.6 Å². The SMILES string of the molecule is C=CCN(CC=C)C(=O)c1ccc(-n2ccnc2)c([N+](=O)[O-])c1. The van der Waals surface area contributed by atoms with Crippen molar-refractivity contribution in [2.45, 2.75) is 0 Å². The first-order valence-corrected chi connectivity index (χ1v) is 6.86. The largest absolute Gasteiger partial charge is 0.331 e. The Hall–Kier alpha value is -3.22. The predicted octanol–water partition coefficient (Wildman–Crippen LogP) is 2.59. The molecule has 0 saturated heterocycles. The first-order chi connectivity index (χ1) is 11.1. The molecule has 1 amide bonds. The average molecular weight is 312 g/mol. The van der Waals surface area contributed by atoms with Crippen LogP contribution in [0.1, 0.15) is 10.4 Å². The van der Waals surface area contributed by atoms with E-state index in [0.717, 1.165) is 0 Å². The van der Waals surface area contributed by atoms with Gasteiger partial charge >= 0.3 is 0 Å². The number of hydrogen-bond donors (Lipinski definition) is 0. The van der Waals surface area contributed by atoms with Gasteiger partial charge in [-0.2, -0.15) is 0 Å². The molecule has 118 valence electrons. The number of nitro groups is 1. The third kappa shape index (κ3) is 3.52. The second-order valence-corrected chi connectivity index (χ2v) is 4.72. The van der Waals surface area contributed by atoms with Gasteiger partial charge in [-0.05, 0) is 12.1 Å². The zero-order valence-electron chi connectivity index (χ0n) is 12.5. The highest BCUT2D eigenvalue weighted by molar-refractivity contribution is 5.95. The Kier molecular flexibility index (Phi) is 5.03. The molecule has 0 saturated carbocycles. The summed E-state index contributed by atoms with van der Waals surface area (Å²) in [5, 5.41) is 11.3. The maximum atomic E-state index is 12.5. The summed E-state index contributed by atoms with van der Waals surface area (Å²) in [5.74, 6) is -0.315. The third-order valence-electron chi connectivity index (χ3n) is 3.19. The minimum absolute atomic E-state index is 0.161. The molecule has 0 spiro atoms. The Bertz CT molecular complexity index is 728. The number of carbonyl (C=O) groups is 1. The second kappa shape index (κ2) is 7.17. The maximum absolute atomic E-state index is 12.5. The van der Waals surface area contributed by atoms with E-state index in [9.17, 15) is 14.9 Å². The topological polar surface area (TPSA) is 81.3 Å². The van der Waals surface area contributed by atoms with Gasteiger partial charge in [0, 0.05) is 37.1 Å². The minimum Gasteiger partial charge on any atom is -0.331 e. The van der Waals surface area contributed by atoms with E-state index in [2.05, 4.69) is 18.1 Å². The summed E-state index contributed by atoms with van der Waals surface area (Å²) >= 11 is 0. The number of amides is 1. The quantitative estimate of drug-likeness (QED) is 0.447. The molecule has 0 N–H and O–H groups in total. The molecule has 0 fully saturated rings. The Labute approximate surface area is 133 Å². The molecule has 2 rings (SSSR count). The van der Waals surface area contributed by atoms with Crippen molar-refractivity contribution in [3.63, 3.8) is 0 Å². The van der Waals surface area contributed by atoms with Gasteiger partial charge in [0.15, 0.2) is 0 Å². The van der Waals surface area contributed by atoms with Gasteiger partial charge in [-0.1, -0.05) is 12.2 Å². The van der Waals surface area contributed by atoms with Crippen molar-refractivity contribution in [2.75, 3.05) is 13.1 Å². The van der Waals surface area contributed by atoms with Crippen LogP contribution in [0.2, 0.25) is 0 Å². The van der Waals surface area contributed by atoms with Gasteiger partial charge in [0.1, 0.15) is 5.69 Å². The summed E-state index contributed by atoms with van der Waals surface area (Å²) in [6.45, 7) is 7.88. The lowest BCUT2D eigenvalue weighted by atomic mass is 10.1. The molecular formula is C16H16N4O3. The summed E-state index contributed by atoms with van der Waals surface area (Å²) in [6.07, 6.45) is 7.78. The summed E-state index contributed by atoms with van der Waals surface area (Å²) in [4.78, 5) is 28.7. The predicted molar refractivity (Wildman–Crippen MR) is 86.5 cm³/mol. The van der Waals surface area contributed by atoms with Gasteiger partial charge in [0.05, 0.1) is 11.3 Å². The molecule has 7 heteroatoms. The van der Waals surface area contributed by atoms with E-state index in [1.54, 1.807) is 24.4 Å². The smallest absolute Gasteiger partial charge is 0.294 e. The normalized spacial score (nSPS) is 10.1. The zero-order valence-corrected chi connectivity index (χ0v) is 12.5. The third-order valence-corrected chi connectivity index (χ3v) is 3.19. The van der Waals surface area contributed by atoms with E-state index >= 15 is 0 Å². The number of carbonyl (C=O) groups excluding carboxylic acids is 1. The number of rotatable bonds is 7. The van der Waals surface area contributed by atoms with Crippen LogP contribution in [-0.2, 0) is 0 Å². The standard InChI is InChI=1S/C16H16N4O3/c1-3-8-18(9-4-2)16(21)13-5-6-14(15(11-13)20(22)23)19-10-7-17-12-19/h3-7,10-12H,1-2,8-9H2. The van der Waals surface area contributed by atoms with Gasteiger partial charge in [-0.25, -0.2) is 4.98 Å². The van der Waals surface area contributed by atoms with E-state index in [1.807, 2.05) is 0 Å². The molecule has 1 heterocycles. The number of aromatic nitrogens is 2. The van der Waals surface area contributed by atoms with Crippen LogP contribution in [0.25, 0.3) is 5.69 Å². The second-order valence-electron chi connectivity index (χ2n) is 4.72. The first kappa shape index (κ1) is 16.2. The molecule has 23 heavy (non-hydrogen) atoms. The number of hydrogen-bond acceptors (Lipinski definition) is 4. The maximum Gasteiger partial charge on any atom is 0.294 e. The number of nitrogens with zero attached hydrogens (tertiary/aromatic N) is 4. The molecule has 0 aliphatic heterocycles. The van der Waals surface area contributed by atoms with Crippen molar-refractivity contribution in [2.24, 2.45) is 0 Å². The van der Waals surface area contributed by atoms with Crippen molar-refractivity contribution >= 4 is 11.6 Å². The number of imidazole rings is 1. The van der Waals surface area contributed by atoms with E-state index in [4.69, 9.17) is 0 Å². The van der Waals surface area contributed by atoms with E-state index in [-0.39, 0.29) is 17.2 Å². The highest BCUT2D eigenvalue weighted by atomic mass is 16.6. The van der Waals surface area contributed by atoms with Crippen molar-refractivity contribution < 1.29 is 9.72 Å². The van der Waals surface area contributed by atoms with Gasteiger partial charge < -0.3 is 9.47 Å². The summed E-state index contributed by atoms with van der Waals surface area (Å²) in [5.41, 5.74) is 0.429. The Morgan fingerprint density at radius 3 is 2.57 bits per heavy atom. The van der Waals surface area contributed by atoms with Crippen LogP contribution in [0.15, 0.2) is 62.2 Å². The fourth-order valence-electron chi connectivity index (χ4n) is 2.16. The van der Waals surface area contributed by atoms with E-state index in [0.29, 0.717) is 18.8 Å². The molecule has 0 aliphatic rings. The zero-order chi connectivity index (χ0) is 16.8. The van der Waals surface area contributed by atoms with Gasteiger partial charge in [-0.15, -0.1) is 13.2 Å². The molecule has 1 aromatic heterocycles.